The Balaban J connectivity index is 1.38. The standard InChI is InChI=1S/C34H28ClF5N8O2S/c35-23-21(16-4-5-19(37)28-20(16)18(12-41)31(43)51-28)24(38)25-22-27(23)49-10-9-48(26(29(39)40)17-3-1-7-44-30(17)42)32(22)46-33(45-25)50-14-34-6-2-8-47(34)13-15(36)11-34/h1,3-5,7,15,26,29H,2,6,8-11,13-14,43H2,(H2,42,44)/t15-,26+,34+/m1/s1. The molecule has 0 bridgehead atoms. The summed E-state index contributed by atoms with van der Waals surface area (Å²) in [5, 5.41) is 9.59. The number of aromatic nitrogens is 3. The highest BCUT2D eigenvalue weighted by molar-refractivity contribution is 7.23. The number of halogens is 6. The molecule has 3 aliphatic heterocycles. The van der Waals surface area contributed by atoms with E-state index in [1.165, 1.54) is 29.3 Å². The molecule has 10 nitrogen and oxygen atoms in total. The van der Waals surface area contributed by atoms with Crippen LogP contribution in [0.4, 0.5) is 38.6 Å². The molecule has 4 N–H and O–H groups in total. The predicted octanol–water partition coefficient (Wildman–Crippen LogP) is 7.03. The first kappa shape index (κ1) is 33.4. The highest BCUT2D eigenvalue weighted by Gasteiger charge is 2.49. The molecule has 0 radical (unpaired) electrons. The van der Waals surface area contributed by atoms with Gasteiger partial charge in [0.2, 0.25) is 0 Å². The summed E-state index contributed by atoms with van der Waals surface area (Å²) in [5.41, 5.74) is 10.8. The Morgan fingerprint density at radius 1 is 1.18 bits per heavy atom. The van der Waals surface area contributed by atoms with Crippen LogP contribution in [0.25, 0.3) is 32.1 Å². The van der Waals surface area contributed by atoms with Crippen LogP contribution in [0.15, 0.2) is 30.5 Å². The summed E-state index contributed by atoms with van der Waals surface area (Å²) in [7, 11) is 0. The summed E-state index contributed by atoms with van der Waals surface area (Å²) in [6.07, 6.45) is -0.996. The van der Waals surface area contributed by atoms with Gasteiger partial charge in [-0.25, -0.2) is 26.9 Å². The molecule has 0 amide bonds. The smallest absolute Gasteiger partial charge is 0.319 e. The molecule has 3 atom stereocenters. The molecular formula is C34H28ClF5N8O2S. The number of nitrogens with two attached hydrogens (primary N) is 2. The van der Waals surface area contributed by atoms with Crippen LogP contribution in [0.1, 0.15) is 36.4 Å². The molecular weight excluding hydrogens is 715 g/mol. The van der Waals surface area contributed by atoms with Crippen molar-refractivity contribution >= 4 is 60.6 Å². The largest absolute Gasteiger partial charge is 0.489 e. The Bertz CT molecular complexity index is 2270. The topological polar surface area (TPSA) is 139 Å². The zero-order chi connectivity index (χ0) is 35.8. The number of anilines is 3. The third-order valence-electron chi connectivity index (χ3n) is 9.99. The zero-order valence-electron chi connectivity index (χ0n) is 26.6. The molecule has 0 unspecified atom stereocenters. The van der Waals surface area contributed by atoms with Gasteiger partial charge in [-0.05, 0) is 37.1 Å². The van der Waals surface area contributed by atoms with Crippen molar-refractivity contribution in [3.8, 4) is 29.0 Å². The molecule has 3 aromatic heterocycles. The lowest BCUT2D eigenvalue weighted by atomic mass is 9.95. The molecule has 17 heteroatoms. The fraction of sp³-hybridized carbons (Fsp3) is 0.353. The Kier molecular flexibility index (Phi) is 8.19. The van der Waals surface area contributed by atoms with E-state index in [1.54, 1.807) is 0 Å². The Morgan fingerprint density at radius 2 is 2.00 bits per heavy atom. The molecule has 2 aromatic carbocycles. The molecule has 51 heavy (non-hydrogen) atoms. The van der Waals surface area contributed by atoms with Crippen LogP contribution in [0.5, 0.6) is 11.8 Å². The molecule has 0 spiro atoms. The monoisotopic (exact) mass is 742 g/mol. The van der Waals surface area contributed by atoms with Crippen molar-refractivity contribution in [1.29, 1.82) is 5.26 Å². The minimum atomic E-state index is -3.03. The summed E-state index contributed by atoms with van der Waals surface area (Å²) in [5.74, 6) is -2.12. The molecule has 0 aliphatic carbocycles. The van der Waals surface area contributed by atoms with E-state index in [4.69, 9.17) is 32.5 Å². The molecule has 3 aliphatic rings. The van der Waals surface area contributed by atoms with E-state index >= 15 is 17.6 Å². The molecule has 6 heterocycles. The second kappa shape index (κ2) is 12.5. The first-order valence-electron chi connectivity index (χ1n) is 16.1. The van der Waals surface area contributed by atoms with Crippen molar-refractivity contribution in [1.82, 2.24) is 19.9 Å². The van der Waals surface area contributed by atoms with Crippen LogP contribution < -0.4 is 25.8 Å². The van der Waals surface area contributed by atoms with Crippen molar-refractivity contribution in [2.24, 2.45) is 0 Å². The second-order valence-electron chi connectivity index (χ2n) is 12.8. The molecule has 2 fully saturated rings. The first-order valence-corrected chi connectivity index (χ1v) is 17.3. The average molecular weight is 743 g/mol. The van der Waals surface area contributed by atoms with E-state index in [0.717, 1.165) is 23.8 Å². The van der Waals surface area contributed by atoms with Gasteiger partial charge in [0.15, 0.2) is 11.6 Å². The molecule has 2 saturated heterocycles. The van der Waals surface area contributed by atoms with Gasteiger partial charge in [0.25, 0.3) is 6.43 Å². The number of nitriles is 1. The first-order chi connectivity index (χ1) is 24.5. The number of alkyl halides is 3. The summed E-state index contributed by atoms with van der Waals surface area (Å²) >= 11 is 7.78. The summed E-state index contributed by atoms with van der Waals surface area (Å²) in [4.78, 5) is 16.3. The highest BCUT2D eigenvalue weighted by Crippen LogP contribution is 2.52. The second-order valence-corrected chi connectivity index (χ2v) is 14.2. The number of rotatable bonds is 7. The van der Waals surface area contributed by atoms with Crippen LogP contribution >= 0.6 is 22.9 Å². The fourth-order valence-electron chi connectivity index (χ4n) is 7.78. The van der Waals surface area contributed by atoms with E-state index in [9.17, 15) is 9.65 Å². The van der Waals surface area contributed by atoms with E-state index in [0.29, 0.717) is 13.0 Å². The van der Waals surface area contributed by atoms with E-state index < -0.39 is 41.3 Å². The Labute approximate surface area is 296 Å². The Morgan fingerprint density at radius 3 is 2.76 bits per heavy atom. The molecule has 264 valence electrons. The number of hydrogen-bond donors (Lipinski definition) is 2. The van der Waals surface area contributed by atoms with Gasteiger partial charge >= 0.3 is 6.01 Å². The van der Waals surface area contributed by atoms with Crippen LogP contribution in [0.3, 0.4) is 0 Å². The molecule has 0 saturated carbocycles. The van der Waals surface area contributed by atoms with E-state index in [1.807, 2.05) is 11.0 Å². The number of nitrogen functional groups attached to an aromatic ring is 2. The lowest BCUT2D eigenvalue weighted by Gasteiger charge is -2.33. The van der Waals surface area contributed by atoms with E-state index in [-0.39, 0.29) is 104 Å². The number of thiophene rings is 1. The number of benzene rings is 2. The third-order valence-corrected chi connectivity index (χ3v) is 11.4. The van der Waals surface area contributed by atoms with Crippen LogP contribution in [0, 0.1) is 23.0 Å². The third kappa shape index (κ3) is 5.24. The Hall–Kier alpha value is -4.72. The lowest BCUT2D eigenvalue weighted by Crippen LogP contribution is -2.43. The van der Waals surface area contributed by atoms with Crippen molar-refractivity contribution in [3.05, 3.63) is 58.2 Å². The zero-order valence-corrected chi connectivity index (χ0v) is 28.2. The van der Waals surface area contributed by atoms with Crippen LogP contribution in [-0.2, 0) is 0 Å². The summed E-state index contributed by atoms with van der Waals surface area (Å²) in [6.45, 7) is 0.518. The van der Waals surface area contributed by atoms with Crippen molar-refractivity contribution in [2.45, 2.75) is 43.4 Å². The number of fused-ring (bicyclic) bond motifs is 2. The number of nitrogens with zero attached hydrogens (tertiary/aromatic N) is 6. The van der Waals surface area contributed by atoms with Crippen LogP contribution in [0.2, 0.25) is 5.02 Å². The van der Waals surface area contributed by atoms with Gasteiger partial charge in [-0.2, -0.15) is 15.2 Å². The van der Waals surface area contributed by atoms with Gasteiger partial charge < -0.3 is 25.8 Å². The van der Waals surface area contributed by atoms with Gasteiger partial charge in [0.05, 0.1) is 32.8 Å². The summed E-state index contributed by atoms with van der Waals surface area (Å²) < 4.78 is 89.3. The van der Waals surface area contributed by atoms with Crippen molar-refractivity contribution < 1.29 is 31.4 Å². The SMILES string of the molecule is N#Cc1c(N)sc2c(F)ccc(-c3c(Cl)c4c5c(nc(OC[C@@]67CCCN6C[C@H](F)C7)nc5c3F)N([C@@H](c3cccnc3N)C(F)F)CCO4)c12. The van der Waals surface area contributed by atoms with Gasteiger partial charge in [-0.3, -0.25) is 4.90 Å². The van der Waals surface area contributed by atoms with Crippen molar-refractivity contribution in [2.75, 3.05) is 49.2 Å². The van der Waals surface area contributed by atoms with E-state index in [2.05, 4.69) is 15.0 Å². The predicted molar refractivity (Wildman–Crippen MR) is 183 cm³/mol. The summed E-state index contributed by atoms with van der Waals surface area (Å²) in [6, 6.07) is 5.17. The maximum absolute atomic E-state index is 17.3. The van der Waals surface area contributed by atoms with Gasteiger partial charge in [-0.1, -0.05) is 23.7 Å². The average Bonchev–Trinajstić information content (AvgIpc) is 3.70. The normalized spacial score (nSPS) is 20.8. The molecule has 5 aromatic rings. The maximum atomic E-state index is 17.3. The quantitative estimate of drug-likeness (QED) is 0.167. The van der Waals surface area contributed by atoms with Gasteiger partial charge in [-0.15, -0.1) is 11.3 Å². The van der Waals surface area contributed by atoms with Gasteiger partial charge in [0.1, 0.15) is 59.5 Å². The highest BCUT2D eigenvalue weighted by atomic mass is 35.5. The fourth-order valence-corrected chi connectivity index (χ4v) is 9.06. The van der Waals surface area contributed by atoms with Gasteiger partial charge in [0, 0.05) is 35.7 Å². The number of pyridine rings is 1. The number of hydrogen-bond acceptors (Lipinski definition) is 11. The minimum absolute atomic E-state index is 0.00147. The minimum Gasteiger partial charge on any atom is -0.489 e. The maximum Gasteiger partial charge on any atom is 0.319 e. The van der Waals surface area contributed by atoms with Crippen LogP contribution in [-0.4, -0.2) is 70.8 Å². The van der Waals surface area contributed by atoms with Crippen molar-refractivity contribution in [3.63, 3.8) is 0 Å². The lowest BCUT2D eigenvalue weighted by molar-refractivity contribution is 0.106. The number of ether oxygens (including phenoxy) is 2. The molecule has 8 rings (SSSR count).